The highest BCUT2D eigenvalue weighted by atomic mass is 32.2. The number of nitrogens with zero attached hydrogens (tertiary/aromatic N) is 4. The van der Waals surface area contributed by atoms with E-state index in [1.54, 1.807) is 35.1 Å². The maximum atomic E-state index is 14.0. The van der Waals surface area contributed by atoms with Crippen molar-refractivity contribution in [2.24, 2.45) is 5.92 Å². The molecule has 0 bridgehead atoms. The Morgan fingerprint density at radius 3 is 2.59 bits per heavy atom. The van der Waals surface area contributed by atoms with Crippen molar-refractivity contribution >= 4 is 21.9 Å². The molecule has 0 saturated carbocycles. The van der Waals surface area contributed by atoms with Crippen molar-refractivity contribution in [3.8, 4) is 11.4 Å². The van der Waals surface area contributed by atoms with Gasteiger partial charge >= 0.3 is 6.61 Å². The minimum absolute atomic E-state index is 0.0200. The number of carbonyl (C=O) groups is 1. The lowest BCUT2D eigenvalue weighted by Gasteiger charge is -2.42. The lowest BCUT2D eigenvalue weighted by Crippen LogP contribution is -2.54. The van der Waals surface area contributed by atoms with Crippen LogP contribution in [0.5, 0.6) is 5.75 Å². The number of carbonyl (C=O) groups excluding carboxylic acids is 1. The van der Waals surface area contributed by atoms with Crippen LogP contribution >= 0.6 is 0 Å². The monoisotopic (exact) mass is 580 g/mol. The number of sulfonamides is 1. The Balaban J connectivity index is 1.41. The normalized spacial score (nSPS) is 18.9. The second-order valence-corrected chi connectivity index (χ2v) is 11.6. The van der Waals surface area contributed by atoms with E-state index in [2.05, 4.69) is 14.8 Å². The molecule has 4 aromatic rings. The predicted molar refractivity (Wildman–Crippen MR) is 143 cm³/mol. The van der Waals surface area contributed by atoms with Crippen LogP contribution in [-0.4, -0.2) is 52.5 Å². The zero-order chi connectivity index (χ0) is 28.7. The third-order valence-electron chi connectivity index (χ3n) is 7.33. The van der Waals surface area contributed by atoms with Crippen molar-refractivity contribution < 1.29 is 31.1 Å². The van der Waals surface area contributed by atoms with E-state index < -0.39 is 34.4 Å². The van der Waals surface area contributed by atoms with Crippen LogP contribution in [0, 0.1) is 11.7 Å². The third kappa shape index (κ3) is 5.04. The van der Waals surface area contributed by atoms with E-state index in [1.165, 1.54) is 42.6 Å². The molecule has 0 N–H and O–H groups in total. The Hall–Kier alpha value is -4.29. The fourth-order valence-corrected chi connectivity index (χ4v) is 7.14. The molecule has 3 heterocycles. The molecule has 0 spiro atoms. The Morgan fingerprint density at radius 1 is 1.05 bits per heavy atom. The molecule has 1 fully saturated rings. The molecule has 1 aliphatic heterocycles. The molecule has 6 rings (SSSR count). The highest BCUT2D eigenvalue weighted by Crippen LogP contribution is 2.41. The van der Waals surface area contributed by atoms with Crippen molar-refractivity contribution in [2.75, 3.05) is 6.54 Å². The minimum Gasteiger partial charge on any atom is -0.435 e. The second-order valence-electron chi connectivity index (χ2n) is 9.72. The molecule has 210 valence electrons. The molecular formula is C29H23F3N4O4S. The molecule has 12 heteroatoms. The first-order chi connectivity index (χ1) is 19.7. The van der Waals surface area contributed by atoms with E-state index in [1.807, 2.05) is 6.08 Å². The van der Waals surface area contributed by atoms with E-state index >= 15 is 0 Å². The van der Waals surface area contributed by atoms with Crippen molar-refractivity contribution in [1.82, 2.24) is 19.1 Å². The largest absolute Gasteiger partial charge is 0.435 e. The second kappa shape index (κ2) is 10.6. The highest BCUT2D eigenvalue weighted by molar-refractivity contribution is 7.89. The molecule has 1 unspecified atom stereocenters. The van der Waals surface area contributed by atoms with Gasteiger partial charge in [0.15, 0.2) is 5.78 Å². The van der Waals surface area contributed by atoms with Gasteiger partial charge < -0.3 is 4.74 Å². The molecule has 2 aliphatic rings. The Bertz CT molecular complexity index is 1740. The molecule has 8 nitrogen and oxygen atoms in total. The van der Waals surface area contributed by atoms with E-state index in [4.69, 9.17) is 0 Å². The van der Waals surface area contributed by atoms with Crippen LogP contribution in [0.15, 0.2) is 89.6 Å². The fourth-order valence-electron chi connectivity index (χ4n) is 5.48. The summed E-state index contributed by atoms with van der Waals surface area (Å²) in [7, 11) is -4.32. The molecule has 0 amide bonds. The van der Waals surface area contributed by atoms with Gasteiger partial charge in [0.1, 0.15) is 17.3 Å². The van der Waals surface area contributed by atoms with Crippen molar-refractivity contribution in [1.29, 1.82) is 0 Å². The number of hydrogen-bond acceptors (Lipinski definition) is 6. The van der Waals surface area contributed by atoms with Gasteiger partial charge in [-0.1, -0.05) is 17.7 Å². The van der Waals surface area contributed by atoms with Crippen LogP contribution < -0.4 is 4.74 Å². The quantitative estimate of drug-likeness (QED) is 0.289. The number of benzene rings is 2. The number of rotatable bonds is 7. The summed E-state index contributed by atoms with van der Waals surface area (Å²) < 4.78 is 74.3. The van der Waals surface area contributed by atoms with Crippen LogP contribution in [0.4, 0.5) is 13.2 Å². The Kier molecular flexibility index (Phi) is 6.96. The number of aromatic nitrogens is 3. The molecule has 0 radical (unpaired) electrons. The molecule has 41 heavy (non-hydrogen) atoms. The summed E-state index contributed by atoms with van der Waals surface area (Å²) in [6, 6.07) is 14.5. The zero-order valence-corrected chi connectivity index (χ0v) is 22.2. The van der Waals surface area contributed by atoms with E-state index in [0.717, 1.165) is 27.2 Å². The number of ether oxygens (including phenoxy) is 1. The average Bonchev–Trinajstić information content (AvgIpc) is 3.38. The van der Waals surface area contributed by atoms with Crippen LogP contribution in [0.2, 0.25) is 0 Å². The topological polar surface area (TPSA) is 94.4 Å². The SMILES string of the molecule is O=C(c1ccccn1)[C@@H]1C2Cc3cnn(-c4ccc(F)cc4)c3C=C2CCN1S(=O)(=O)c1cccc(OC(F)F)c1. The smallest absolute Gasteiger partial charge is 0.387 e. The predicted octanol–water partition coefficient (Wildman–Crippen LogP) is 4.91. The zero-order valence-electron chi connectivity index (χ0n) is 21.4. The van der Waals surface area contributed by atoms with Gasteiger partial charge in [-0.05, 0) is 73.0 Å². The molecule has 2 atom stereocenters. The van der Waals surface area contributed by atoms with E-state index in [0.29, 0.717) is 18.5 Å². The van der Waals surface area contributed by atoms with E-state index in [9.17, 15) is 26.4 Å². The number of halogens is 3. The van der Waals surface area contributed by atoms with Crippen LogP contribution in [-0.2, 0) is 16.4 Å². The maximum Gasteiger partial charge on any atom is 0.387 e. The van der Waals surface area contributed by atoms with Crippen LogP contribution in [0.25, 0.3) is 11.8 Å². The summed E-state index contributed by atoms with van der Waals surface area (Å²) in [4.78, 5) is 17.9. The number of hydrogen-bond donors (Lipinski definition) is 0. The van der Waals surface area contributed by atoms with Gasteiger partial charge in [-0.2, -0.15) is 18.2 Å². The highest BCUT2D eigenvalue weighted by Gasteiger charge is 2.47. The Morgan fingerprint density at radius 2 is 1.85 bits per heavy atom. The molecular weight excluding hydrogens is 557 g/mol. The number of ketones is 1. The van der Waals surface area contributed by atoms with Crippen LogP contribution in [0.3, 0.4) is 0 Å². The number of fused-ring (bicyclic) bond motifs is 2. The van der Waals surface area contributed by atoms with Crippen molar-refractivity contribution in [3.63, 3.8) is 0 Å². The average molecular weight is 581 g/mol. The lowest BCUT2D eigenvalue weighted by atomic mass is 9.76. The van der Waals surface area contributed by atoms with Crippen molar-refractivity contribution in [3.05, 3.63) is 107 Å². The van der Waals surface area contributed by atoms with Gasteiger partial charge in [-0.25, -0.2) is 17.5 Å². The summed E-state index contributed by atoms with van der Waals surface area (Å²) in [6.07, 6.45) is 5.69. The Labute approximate surface area is 233 Å². The molecule has 1 saturated heterocycles. The first kappa shape index (κ1) is 26.9. The van der Waals surface area contributed by atoms with Gasteiger partial charge in [-0.3, -0.25) is 9.78 Å². The molecule has 1 aliphatic carbocycles. The summed E-state index contributed by atoms with van der Waals surface area (Å²) in [5.41, 5.74) is 3.22. The van der Waals surface area contributed by atoms with Crippen LogP contribution in [0.1, 0.15) is 28.2 Å². The molecule has 2 aromatic heterocycles. The van der Waals surface area contributed by atoms with Gasteiger partial charge in [-0.15, -0.1) is 0 Å². The summed E-state index contributed by atoms with van der Waals surface area (Å²) in [6.45, 7) is -3.14. The number of pyridine rings is 1. The first-order valence-corrected chi connectivity index (χ1v) is 14.2. The summed E-state index contributed by atoms with van der Waals surface area (Å²) in [5, 5.41) is 4.48. The lowest BCUT2D eigenvalue weighted by molar-refractivity contribution is -0.0500. The fraction of sp³-hybridized carbons (Fsp3) is 0.207. The summed E-state index contributed by atoms with van der Waals surface area (Å²) in [5.74, 6) is -1.67. The van der Waals surface area contributed by atoms with Gasteiger partial charge in [0.2, 0.25) is 10.0 Å². The summed E-state index contributed by atoms with van der Waals surface area (Å²) >= 11 is 0. The van der Waals surface area contributed by atoms with Gasteiger partial charge in [0, 0.05) is 24.7 Å². The van der Waals surface area contributed by atoms with Gasteiger partial charge in [0.25, 0.3) is 0 Å². The van der Waals surface area contributed by atoms with E-state index in [-0.39, 0.29) is 28.7 Å². The minimum atomic E-state index is -4.32. The van der Waals surface area contributed by atoms with Crippen molar-refractivity contribution in [2.45, 2.75) is 30.4 Å². The third-order valence-corrected chi connectivity index (χ3v) is 9.21. The van der Waals surface area contributed by atoms with Gasteiger partial charge in [0.05, 0.1) is 28.5 Å². The number of Topliss-reactive ketones (excluding diaryl/α,β-unsaturated/α-hetero) is 1. The number of alkyl halides is 2. The first-order valence-electron chi connectivity index (χ1n) is 12.8. The maximum absolute atomic E-state index is 14.0. The standard InChI is InChI=1S/C29H23F3N4O4S/c30-20-7-9-21(10-8-20)36-26-15-18-11-13-35(41(38,39)23-5-3-4-22(16-23)40-29(31)32)27(24(18)14-19(26)17-34-36)28(37)25-6-1-2-12-33-25/h1-10,12,15-17,24,27,29H,11,13-14H2/t24?,27-/m0/s1. The molecule has 2 aromatic carbocycles. The number of piperidine rings is 1.